The van der Waals surface area contributed by atoms with Crippen LogP contribution in [0.2, 0.25) is 0 Å². The van der Waals surface area contributed by atoms with Gasteiger partial charge in [-0.15, -0.1) is 5.10 Å². The SMILES string of the molecule is CC1Oc2ccc(NC(=O)c3cn(C4CCC(N)CC4)nn3)cc2N(C)C1=O. The first kappa shape index (κ1) is 18.4. The summed E-state index contributed by atoms with van der Waals surface area (Å²) in [6.45, 7) is 1.71. The lowest BCUT2D eigenvalue weighted by Crippen LogP contribution is -2.41. The molecule has 1 unspecified atom stereocenters. The Labute approximate surface area is 162 Å². The number of amides is 2. The van der Waals surface area contributed by atoms with Crippen molar-refractivity contribution < 1.29 is 14.3 Å². The molecule has 4 rings (SSSR count). The molecule has 1 aromatic carbocycles. The molecule has 1 fully saturated rings. The van der Waals surface area contributed by atoms with Crippen LogP contribution in [0.1, 0.15) is 49.1 Å². The molecule has 2 heterocycles. The molecular weight excluding hydrogens is 360 g/mol. The van der Waals surface area contributed by atoms with Crippen molar-refractivity contribution in [2.75, 3.05) is 17.3 Å². The van der Waals surface area contributed by atoms with Crippen molar-refractivity contribution in [3.63, 3.8) is 0 Å². The molecule has 2 aromatic rings. The fraction of sp³-hybridized carbons (Fsp3) is 0.474. The molecule has 2 aliphatic rings. The number of nitrogens with one attached hydrogen (secondary N) is 1. The van der Waals surface area contributed by atoms with Crippen molar-refractivity contribution in [1.82, 2.24) is 15.0 Å². The minimum Gasteiger partial charge on any atom is -0.479 e. The maximum atomic E-state index is 12.6. The van der Waals surface area contributed by atoms with Gasteiger partial charge in [0, 0.05) is 18.8 Å². The zero-order valence-corrected chi connectivity index (χ0v) is 16.0. The predicted molar refractivity (Wildman–Crippen MR) is 103 cm³/mol. The van der Waals surface area contributed by atoms with Gasteiger partial charge in [-0.3, -0.25) is 9.59 Å². The summed E-state index contributed by atoms with van der Waals surface area (Å²) < 4.78 is 7.36. The van der Waals surface area contributed by atoms with E-state index in [1.54, 1.807) is 43.0 Å². The monoisotopic (exact) mass is 384 g/mol. The quantitative estimate of drug-likeness (QED) is 0.832. The number of hydrogen-bond donors (Lipinski definition) is 2. The molecule has 1 aliphatic carbocycles. The fourth-order valence-electron chi connectivity index (χ4n) is 3.71. The largest absolute Gasteiger partial charge is 0.479 e. The number of hydrogen-bond acceptors (Lipinski definition) is 6. The van der Waals surface area contributed by atoms with Gasteiger partial charge in [-0.1, -0.05) is 5.21 Å². The van der Waals surface area contributed by atoms with Crippen molar-refractivity contribution in [2.45, 2.75) is 50.8 Å². The highest BCUT2D eigenvalue weighted by molar-refractivity contribution is 6.04. The first-order valence-electron chi connectivity index (χ1n) is 9.49. The van der Waals surface area contributed by atoms with Crippen LogP contribution in [0.25, 0.3) is 0 Å². The second-order valence-electron chi connectivity index (χ2n) is 7.45. The minimum absolute atomic E-state index is 0.133. The fourth-order valence-corrected chi connectivity index (χ4v) is 3.71. The summed E-state index contributed by atoms with van der Waals surface area (Å²) in [5.74, 6) is 0.123. The molecule has 28 heavy (non-hydrogen) atoms. The Morgan fingerprint density at radius 3 is 2.79 bits per heavy atom. The summed E-state index contributed by atoms with van der Waals surface area (Å²) >= 11 is 0. The first-order chi connectivity index (χ1) is 13.4. The average molecular weight is 384 g/mol. The molecule has 0 saturated heterocycles. The lowest BCUT2D eigenvalue weighted by Gasteiger charge is -2.30. The van der Waals surface area contributed by atoms with Gasteiger partial charge in [0.25, 0.3) is 11.8 Å². The molecule has 0 radical (unpaired) electrons. The smallest absolute Gasteiger partial charge is 0.277 e. The Balaban J connectivity index is 1.47. The van der Waals surface area contributed by atoms with E-state index in [1.165, 1.54) is 4.90 Å². The van der Waals surface area contributed by atoms with E-state index in [0.29, 0.717) is 17.1 Å². The van der Waals surface area contributed by atoms with Crippen LogP contribution >= 0.6 is 0 Å². The lowest BCUT2D eigenvalue weighted by atomic mass is 9.92. The Kier molecular flexibility index (Phi) is 4.76. The number of nitrogens with two attached hydrogens (primary N) is 1. The number of nitrogens with zero attached hydrogens (tertiary/aromatic N) is 4. The van der Waals surface area contributed by atoms with Crippen molar-refractivity contribution in [3.05, 3.63) is 30.1 Å². The third-order valence-electron chi connectivity index (χ3n) is 5.42. The van der Waals surface area contributed by atoms with Crippen molar-refractivity contribution in [1.29, 1.82) is 0 Å². The van der Waals surface area contributed by atoms with Gasteiger partial charge < -0.3 is 20.7 Å². The second-order valence-corrected chi connectivity index (χ2v) is 7.45. The Morgan fingerprint density at radius 2 is 2.04 bits per heavy atom. The van der Waals surface area contributed by atoms with Crippen molar-refractivity contribution >= 4 is 23.2 Å². The zero-order valence-electron chi connectivity index (χ0n) is 16.0. The van der Waals surface area contributed by atoms with Gasteiger partial charge in [0.2, 0.25) is 0 Å². The van der Waals surface area contributed by atoms with E-state index in [-0.39, 0.29) is 29.6 Å². The number of anilines is 2. The Bertz CT molecular complexity index is 903. The number of rotatable bonds is 3. The van der Waals surface area contributed by atoms with Gasteiger partial charge in [0.1, 0.15) is 5.75 Å². The third-order valence-corrected chi connectivity index (χ3v) is 5.42. The van der Waals surface area contributed by atoms with E-state index >= 15 is 0 Å². The number of aromatic nitrogens is 3. The van der Waals surface area contributed by atoms with Crippen LogP contribution < -0.4 is 20.7 Å². The molecule has 9 heteroatoms. The topological polar surface area (TPSA) is 115 Å². The first-order valence-corrected chi connectivity index (χ1v) is 9.49. The summed E-state index contributed by atoms with van der Waals surface area (Å²) in [7, 11) is 1.69. The Morgan fingerprint density at radius 1 is 1.29 bits per heavy atom. The molecular formula is C19H24N6O3. The van der Waals surface area contributed by atoms with E-state index in [9.17, 15) is 9.59 Å². The van der Waals surface area contributed by atoms with E-state index in [0.717, 1.165) is 25.7 Å². The summed E-state index contributed by atoms with van der Waals surface area (Å²) in [6, 6.07) is 5.68. The zero-order chi connectivity index (χ0) is 19.8. The van der Waals surface area contributed by atoms with E-state index < -0.39 is 6.10 Å². The van der Waals surface area contributed by atoms with E-state index in [4.69, 9.17) is 10.5 Å². The molecule has 1 atom stereocenters. The highest BCUT2D eigenvalue weighted by atomic mass is 16.5. The standard InChI is InChI=1S/C19H24N6O3/c1-11-19(27)24(2)16-9-13(5-8-17(16)28-11)21-18(26)15-10-25(23-22-15)14-6-3-12(20)4-7-14/h5,8-12,14H,3-4,6-7,20H2,1-2H3,(H,21,26). The number of ether oxygens (including phenoxy) is 1. The van der Waals surface area contributed by atoms with Gasteiger partial charge in [-0.05, 0) is 50.8 Å². The molecule has 1 aliphatic heterocycles. The molecule has 2 amide bonds. The lowest BCUT2D eigenvalue weighted by molar-refractivity contribution is -0.125. The third kappa shape index (κ3) is 3.45. The molecule has 0 bridgehead atoms. The second kappa shape index (κ2) is 7.23. The summed E-state index contributed by atoms with van der Waals surface area (Å²) in [5, 5.41) is 10.9. The van der Waals surface area contributed by atoms with Crippen molar-refractivity contribution in [2.24, 2.45) is 5.73 Å². The maximum absolute atomic E-state index is 12.6. The molecule has 3 N–H and O–H groups in total. The normalized spacial score (nSPS) is 24.5. The van der Waals surface area contributed by atoms with Gasteiger partial charge in [-0.25, -0.2) is 4.68 Å². The van der Waals surface area contributed by atoms with Crippen molar-refractivity contribution in [3.8, 4) is 5.75 Å². The van der Waals surface area contributed by atoms with Gasteiger partial charge in [-0.2, -0.15) is 0 Å². The van der Waals surface area contributed by atoms with E-state index in [1.807, 2.05) is 0 Å². The summed E-state index contributed by atoms with van der Waals surface area (Å²) in [4.78, 5) is 26.2. The predicted octanol–water partition coefficient (Wildman–Crippen LogP) is 1.72. The highest BCUT2D eigenvalue weighted by Gasteiger charge is 2.29. The average Bonchev–Trinajstić information content (AvgIpc) is 3.18. The van der Waals surface area contributed by atoms with Gasteiger partial charge in [0.15, 0.2) is 11.8 Å². The van der Waals surface area contributed by atoms with Gasteiger partial charge in [0.05, 0.1) is 17.9 Å². The number of benzene rings is 1. The van der Waals surface area contributed by atoms with Crippen LogP contribution in [0.3, 0.4) is 0 Å². The molecule has 0 spiro atoms. The number of fused-ring (bicyclic) bond motifs is 1. The van der Waals surface area contributed by atoms with Crippen LogP contribution in [0.15, 0.2) is 24.4 Å². The number of carbonyl (C=O) groups excluding carboxylic acids is 2. The van der Waals surface area contributed by atoms with Crippen LogP contribution in [0.4, 0.5) is 11.4 Å². The summed E-state index contributed by atoms with van der Waals surface area (Å²) in [6.07, 6.45) is 4.93. The molecule has 1 aromatic heterocycles. The van der Waals surface area contributed by atoms with E-state index in [2.05, 4.69) is 15.6 Å². The number of carbonyl (C=O) groups is 2. The van der Waals surface area contributed by atoms with Crippen LogP contribution in [-0.4, -0.2) is 46.0 Å². The van der Waals surface area contributed by atoms with Crippen LogP contribution in [0, 0.1) is 0 Å². The molecule has 148 valence electrons. The Hall–Kier alpha value is -2.94. The number of likely N-dealkylation sites (N-methyl/N-ethyl adjacent to an activating group) is 1. The molecule has 1 saturated carbocycles. The van der Waals surface area contributed by atoms with Crippen LogP contribution in [0.5, 0.6) is 5.75 Å². The van der Waals surface area contributed by atoms with Crippen LogP contribution in [-0.2, 0) is 4.79 Å². The molecule has 9 nitrogen and oxygen atoms in total. The highest BCUT2D eigenvalue weighted by Crippen LogP contribution is 2.35. The van der Waals surface area contributed by atoms with Gasteiger partial charge >= 0.3 is 0 Å². The minimum atomic E-state index is -0.526. The summed E-state index contributed by atoms with van der Waals surface area (Å²) in [5.41, 5.74) is 7.37. The maximum Gasteiger partial charge on any atom is 0.277 e.